The second kappa shape index (κ2) is 9.02. The first kappa shape index (κ1) is 20.8. The molecular weight excluding hydrogens is 406 g/mol. The van der Waals surface area contributed by atoms with E-state index < -0.39 is 22.0 Å². The first-order chi connectivity index (χ1) is 14.4. The molecule has 3 aromatic rings. The average Bonchev–Trinajstić information content (AvgIpc) is 2.75. The topological polar surface area (TPSA) is 134 Å². The summed E-state index contributed by atoms with van der Waals surface area (Å²) in [6, 6.07) is 15.6. The van der Waals surface area contributed by atoms with Crippen molar-refractivity contribution in [1.29, 1.82) is 5.26 Å². The number of nitriles is 1. The van der Waals surface area contributed by atoms with Gasteiger partial charge in [-0.25, -0.2) is 23.1 Å². The monoisotopic (exact) mass is 423 g/mol. The van der Waals surface area contributed by atoms with Gasteiger partial charge in [-0.1, -0.05) is 0 Å². The number of nitrogens with zero attached hydrogens (tertiary/aromatic N) is 3. The molecule has 0 unspecified atom stereocenters. The number of nitrogens with one attached hydrogen (secondary N) is 2. The number of carbonyl (C=O) groups is 1. The molecule has 0 saturated heterocycles. The zero-order chi connectivity index (χ0) is 21.6. The van der Waals surface area contributed by atoms with Gasteiger partial charge in [0, 0.05) is 18.1 Å². The van der Waals surface area contributed by atoms with E-state index in [-0.39, 0.29) is 10.8 Å². The summed E-state index contributed by atoms with van der Waals surface area (Å²) in [4.78, 5) is 20.0. The van der Waals surface area contributed by atoms with E-state index in [4.69, 9.17) is 10.00 Å². The number of aromatic nitrogens is 2. The van der Waals surface area contributed by atoms with Gasteiger partial charge in [-0.2, -0.15) is 5.26 Å². The molecule has 30 heavy (non-hydrogen) atoms. The van der Waals surface area contributed by atoms with Gasteiger partial charge >= 0.3 is 0 Å². The van der Waals surface area contributed by atoms with Crippen LogP contribution >= 0.6 is 0 Å². The van der Waals surface area contributed by atoms with Crippen LogP contribution in [0.2, 0.25) is 0 Å². The Morgan fingerprint density at radius 3 is 2.30 bits per heavy atom. The number of amides is 1. The Balaban J connectivity index is 1.61. The number of rotatable bonds is 7. The summed E-state index contributed by atoms with van der Waals surface area (Å²) in [6.45, 7) is 1.58. The average molecular weight is 423 g/mol. The molecule has 2 N–H and O–H groups in total. The molecule has 0 radical (unpaired) electrons. The van der Waals surface area contributed by atoms with E-state index in [9.17, 15) is 13.2 Å². The molecule has 0 aliphatic heterocycles. The highest BCUT2D eigenvalue weighted by atomic mass is 32.2. The lowest BCUT2D eigenvalue weighted by molar-refractivity contribution is -0.122. The second-order valence-electron chi connectivity index (χ2n) is 6.09. The highest BCUT2D eigenvalue weighted by molar-refractivity contribution is 7.92. The van der Waals surface area contributed by atoms with Gasteiger partial charge in [0.2, 0.25) is 5.95 Å². The van der Waals surface area contributed by atoms with Crippen molar-refractivity contribution in [2.75, 3.05) is 10.0 Å². The maximum Gasteiger partial charge on any atom is 0.265 e. The summed E-state index contributed by atoms with van der Waals surface area (Å²) >= 11 is 0. The fourth-order valence-corrected chi connectivity index (χ4v) is 3.32. The van der Waals surface area contributed by atoms with E-state index in [1.807, 2.05) is 6.07 Å². The van der Waals surface area contributed by atoms with Gasteiger partial charge in [-0.15, -0.1) is 0 Å². The van der Waals surface area contributed by atoms with E-state index in [0.29, 0.717) is 17.0 Å². The first-order valence-electron chi connectivity index (χ1n) is 8.75. The fourth-order valence-electron chi connectivity index (χ4n) is 2.36. The summed E-state index contributed by atoms with van der Waals surface area (Å²) in [5, 5.41) is 11.5. The number of benzene rings is 2. The zero-order valence-corrected chi connectivity index (χ0v) is 16.6. The summed E-state index contributed by atoms with van der Waals surface area (Å²) < 4.78 is 32.6. The highest BCUT2D eigenvalue weighted by Crippen LogP contribution is 2.18. The molecule has 0 aliphatic rings. The molecule has 1 amide bonds. The van der Waals surface area contributed by atoms with E-state index in [1.54, 1.807) is 37.3 Å². The molecule has 1 atom stereocenters. The minimum absolute atomic E-state index is 0.00478. The molecule has 1 heterocycles. The lowest BCUT2D eigenvalue weighted by atomic mass is 10.2. The molecular formula is C20H17N5O4S. The largest absolute Gasteiger partial charge is 0.481 e. The predicted octanol–water partition coefficient (Wildman–Crippen LogP) is 2.56. The fraction of sp³-hybridized carbons (Fsp3) is 0.100. The van der Waals surface area contributed by atoms with Gasteiger partial charge in [-0.05, 0) is 61.5 Å². The highest BCUT2D eigenvalue weighted by Gasteiger charge is 2.17. The van der Waals surface area contributed by atoms with Crippen LogP contribution in [0.3, 0.4) is 0 Å². The maximum absolute atomic E-state index is 12.4. The van der Waals surface area contributed by atoms with Crippen LogP contribution in [0.15, 0.2) is 71.9 Å². The molecule has 0 bridgehead atoms. The van der Waals surface area contributed by atoms with Crippen molar-refractivity contribution in [3.63, 3.8) is 0 Å². The zero-order valence-electron chi connectivity index (χ0n) is 15.8. The molecule has 0 saturated carbocycles. The lowest BCUT2D eigenvalue weighted by Gasteiger charge is -2.15. The quantitative estimate of drug-likeness (QED) is 0.596. The summed E-state index contributed by atoms with van der Waals surface area (Å²) in [7, 11) is -3.86. The Bertz CT molecular complexity index is 1160. The van der Waals surface area contributed by atoms with Gasteiger partial charge in [-0.3, -0.25) is 4.79 Å². The smallest absolute Gasteiger partial charge is 0.265 e. The number of anilines is 2. The third-order valence-corrected chi connectivity index (χ3v) is 5.23. The number of carbonyl (C=O) groups excluding carboxylic acids is 1. The number of ether oxygens (including phenoxy) is 1. The first-order valence-corrected chi connectivity index (χ1v) is 10.2. The molecule has 0 fully saturated rings. The van der Waals surface area contributed by atoms with Crippen LogP contribution < -0.4 is 14.8 Å². The van der Waals surface area contributed by atoms with Gasteiger partial charge in [0.05, 0.1) is 16.5 Å². The van der Waals surface area contributed by atoms with E-state index >= 15 is 0 Å². The van der Waals surface area contributed by atoms with Crippen molar-refractivity contribution in [1.82, 2.24) is 9.97 Å². The van der Waals surface area contributed by atoms with Crippen LogP contribution in [0.25, 0.3) is 0 Å². The van der Waals surface area contributed by atoms with Gasteiger partial charge in [0.1, 0.15) is 5.75 Å². The molecule has 9 nitrogen and oxygen atoms in total. The van der Waals surface area contributed by atoms with Crippen LogP contribution in [0, 0.1) is 11.3 Å². The molecule has 2 aromatic carbocycles. The van der Waals surface area contributed by atoms with Crippen LogP contribution in [0.4, 0.5) is 11.6 Å². The van der Waals surface area contributed by atoms with Crippen LogP contribution in [0.1, 0.15) is 12.5 Å². The van der Waals surface area contributed by atoms with Crippen LogP contribution in [-0.2, 0) is 14.8 Å². The molecule has 0 aliphatic carbocycles. The Morgan fingerprint density at radius 1 is 1.07 bits per heavy atom. The Morgan fingerprint density at radius 2 is 1.70 bits per heavy atom. The van der Waals surface area contributed by atoms with Crippen LogP contribution in [0.5, 0.6) is 5.75 Å². The molecule has 1 aromatic heterocycles. The summed E-state index contributed by atoms with van der Waals surface area (Å²) in [6.07, 6.45) is 2.04. The molecule has 152 valence electrons. The van der Waals surface area contributed by atoms with Crippen molar-refractivity contribution in [3.05, 3.63) is 72.6 Å². The molecule has 3 rings (SSSR count). The second-order valence-corrected chi connectivity index (χ2v) is 7.77. The normalized spacial score (nSPS) is 11.7. The molecule has 0 spiro atoms. The number of hydrogen-bond donors (Lipinski definition) is 2. The standard InChI is InChI=1S/C20H17N5O4S/c1-14(29-17-7-3-15(13-21)4-8-17)19(26)24-16-5-9-18(10-6-16)30(27,28)25-20-22-11-2-12-23-20/h2-12,14H,1H3,(H,24,26)(H,22,23,25)/t14-/m0/s1. The maximum atomic E-state index is 12.4. The molecule has 10 heteroatoms. The third kappa shape index (κ3) is 5.30. The van der Waals surface area contributed by atoms with E-state index in [2.05, 4.69) is 20.0 Å². The van der Waals surface area contributed by atoms with Crippen LogP contribution in [-0.4, -0.2) is 30.4 Å². The van der Waals surface area contributed by atoms with Gasteiger partial charge in [0.25, 0.3) is 15.9 Å². The minimum atomic E-state index is -3.86. The van der Waals surface area contributed by atoms with Crippen molar-refractivity contribution >= 4 is 27.6 Å². The van der Waals surface area contributed by atoms with E-state index in [1.165, 1.54) is 36.7 Å². The summed E-state index contributed by atoms with van der Waals surface area (Å²) in [5.41, 5.74) is 0.896. The number of sulfonamides is 1. The SMILES string of the molecule is C[C@H](Oc1ccc(C#N)cc1)C(=O)Nc1ccc(S(=O)(=O)Nc2ncccn2)cc1. The Labute approximate surface area is 173 Å². The van der Waals surface area contributed by atoms with Crippen molar-refractivity contribution in [2.45, 2.75) is 17.9 Å². The van der Waals surface area contributed by atoms with Crippen molar-refractivity contribution < 1.29 is 17.9 Å². The van der Waals surface area contributed by atoms with Crippen molar-refractivity contribution in [2.24, 2.45) is 0 Å². The Hall–Kier alpha value is -3.97. The number of hydrogen-bond acceptors (Lipinski definition) is 7. The minimum Gasteiger partial charge on any atom is -0.481 e. The van der Waals surface area contributed by atoms with Gasteiger partial charge < -0.3 is 10.1 Å². The third-order valence-electron chi connectivity index (χ3n) is 3.89. The van der Waals surface area contributed by atoms with Gasteiger partial charge in [0.15, 0.2) is 6.10 Å². The summed E-state index contributed by atoms with van der Waals surface area (Å²) in [5.74, 6) is 0.00160. The lowest BCUT2D eigenvalue weighted by Crippen LogP contribution is -2.30. The van der Waals surface area contributed by atoms with E-state index in [0.717, 1.165) is 0 Å². The predicted molar refractivity (Wildman–Crippen MR) is 109 cm³/mol. The Kier molecular flexibility index (Phi) is 6.24. The van der Waals surface area contributed by atoms with Crippen molar-refractivity contribution in [3.8, 4) is 11.8 Å².